The van der Waals surface area contributed by atoms with E-state index in [0.717, 1.165) is 6.42 Å². The SMILES string of the molecule is CCCC(CCCC(C)C(=O)O)C(=O)O. The first-order chi connectivity index (χ1) is 6.99. The summed E-state index contributed by atoms with van der Waals surface area (Å²) in [4.78, 5) is 21.3. The van der Waals surface area contributed by atoms with Crippen molar-refractivity contribution < 1.29 is 19.8 Å². The van der Waals surface area contributed by atoms with E-state index in [1.165, 1.54) is 0 Å². The lowest BCUT2D eigenvalue weighted by molar-refractivity contribution is -0.142. The van der Waals surface area contributed by atoms with Crippen LogP contribution in [0, 0.1) is 11.8 Å². The summed E-state index contributed by atoms with van der Waals surface area (Å²) < 4.78 is 0. The Morgan fingerprint density at radius 3 is 2.07 bits per heavy atom. The monoisotopic (exact) mass is 216 g/mol. The third kappa shape index (κ3) is 6.10. The van der Waals surface area contributed by atoms with E-state index in [9.17, 15) is 9.59 Å². The smallest absolute Gasteiger partial charge is 0.306 e. The molecule has 2 N–H and O–H groups in total. The van der Waals surface area contributed by atoms with E-state index in [4.69, 9.17) is 10.2 Å². The molecule has 2 atom stereocenters. The van der Waals surface area contributed by atoms with Gasteiger partial charge in [0.05, 0.1) is 11.8 Å². The molecule has 0 aliphatic carbocycles. The van der Waals surface area contributed by atoms with Crippen LogP contribution in [-0.4, -0.2) is 22.2 Å². The Balaban J connectivity index is 3.80. The molecule has 0 aliphatic rings. The Morgan fingerprint density at radius 1 is 1.07 bits per heavy atom. The normalized spacial score (nSPS) is 14.5. The van der Waals surface area contributed by atoms with Crippen molar-refractivity contribution in [1.82, 2.24) is 0 Å². The highest BCUT2D eigenvalue weighted by molar-refractivity contribution is 5.70. The minimum absolute atomic E-state index is 0.309. The van der Waals surface area contributed by atoms with Gasteiger partial charge in [0.25, 0.3) is 0 Å². The highest BCUT2D eigenvalue weighted by Gasteiger charge is 2.17. The average molecular weight is 216 g/mol. The van der Waals surface area contributed by atoms with Crippen LogP contribution in [-0.2, 0) is 9.59 Å². The number of carboxylic acid groups (broad SMARTS) is 2. The van der Waals surface area contributed by atoms with Crippen molar-refractivity contribution in [3.63, 3.8) is 0 Å². The van der Waals surface area contributed by atoms with Crippen molar-refractivity contribution in [2.75, 3.05) is 0 Å². The molecular formula is C11H20O4. The van der Waals surface area contributed by atoms with Gasteiger partial charge in [-0.2, -0.15) is 0 Å². The van der Waals surface area contributed by atoms with E-state index >= 15 is 0 Å². The van der Waals surface area contributed by atoms with Crippen LogP contribution >= 0.6 is 0 Å². The Bertz CT molecular complexity index is 213. The third-order valence-electron chi connectivity index (χ3n) is 2.60. The number of hydrogen-bond donors (Lipinski definition) is 2. The summed E-state index contributed by atoms with van der Waals surface area (Å²) in [6, 6.07) is 0. The van der Waals surface area contributed by atoms with Crippen LogP contribution < -0.4 is 0 Å². The number of aliphatic carboxylic acids is 2. The van der Waals surface area contributed by atoms with Gasteiger partial charge in [0, 0.05) is 0 Å². The molecule has 0 aromatic rings. The van der Waals surface area contributed by atoms with E-state index in [1.807, 2.05) is 6.92 Å². The molecule has 0 amide bonds. The summed E-state index contributed by atoms with van der Waals surface area (Å²) in [7, 11) is 0. The zero-order valence-corrected chi connectivity index (χ0v) is 9.40. The number of carboxylic acids is 2. The molecule has 0 spiro atoms. The molecule has 0 radical (unpaired) electrons. The molecule has 88 valence electrons. The minimum atomic E-state index is -0.808. The van der Waals surface area contributed by atoms with Gasteiger partial charge in [-0.05, 0) is 19.3 Å². The molecule has 15 heavy (non-hydrogen) atoms. The van der Waals surface area contributed by atoms with Crippen molar-refractivity contribution in [3.8, 4) is 0 Å². The fourth-order valence-electron chi connectivity index (χ4n) is 1.53. The van der Waals surface area contributed by atoms with Gasteiger partial charge in [-0.15, -0.1) is 0 Å². The zero-order valence-electron chi connectivity index (χ0n) is 9.40. The maximum Gasteiger partial charge on any atom is 0.306 e. The van der Waals surface area contributed by atoms with Gasteiger partial charge in [0.1, 0.15) is 0 Å². The third-order valence-corrected chi connectivity index (χ3v) is 2.60. The highest BCUT2D eigenvalue weighted by Crippen LogP contribution is 2.17. The van der Waals surface area contributed by atoms with Gasteiger partial charge in [-0.1, -0.05) is 26.7 Å². The lowest BCUT2D eigenvalue weighted by Gasteiger charge is -2.11. The Labute approximate surface area is 90.3 Å². The number of hydrogen-bond acceptors (Lipinski definition) is 2. The van der Waals surface area contributed by atoms with Crippen molar-refractivity contribution in [3.05, 3.63) is 0 Å². The van der Waals surface area contributed by atoms with Crippen molar-refractivity contribution in [1.29, 1.82) is 0 Å². The fourth-order valence-corrected chi connectivity index (χ4v) is 1.53. The standard InChI is InChI=1S/C11H20O4/c1-3-5-9(11(14)15)7-4-6-8(2)10(12)13/h8-9H,3-7H2,1-2H3,(H,12,13)(H,14,15). The quantitative estimate of drug-likeness (QED) is 0.653. The molecule has 0 saturated heterocycles. The minimum Gasteiger partial charge on any atom is -0.481 e. The van der Waals surface area contributed by atoms with E-state index in [0.29, 0.717) is 25.7 Å². The lowest BCUT2D eigenvalue weighted by Crippen LogP contribution is -2.15. The van der Waals surface area contributed by atoms with E-state index in [2.05, 4.69) is 0 Å². The fraction of sp³-hybridized carbons (Fsp3) is 0.818. The molecule has 0 saturated carbocycles. The van der Waals surface area contributed by atoms with E-state index < -0.39 is 11.9 Å². The Hall–Kier alpha value is -1.06. The van der Waals surface area contributed by atoms with Gasteiger partial charge < -0.3 is 10.2 Å². The first-order valence-electron chi connectivity index (χ1n) is 5.44. The molecule has 0 heterocycles. The van der Waals surface area contributed by atoms with Crippen LogP contribution in [0.2, 0.25) is 0 Å². The van der Waals surface area contributed by atoms with Gasteiger partial charge in [-0.25, -0.2) is 0 Å². The summed E-state index contributed by atoms with van der Waals surface area (Å²) in [5.41, 5.74) is 0. The van der Waals surface area contributed by atoms with Crippen molar-refractivity contribution >= 4 is 11.9 Å². The van der Waals surface area contributed by atoms with Crippen LogP contribution in [0.5, 0.6) is 0 Å². The molecule has 0 rings (SSSR count). The summed E-state index contributed by atoms with van der Waals surface area (Å²) in [5, 5.41) is 17.5. The molecule has 4 heteroatoms. The van der Waals surface area contributed by atoms with Crippen LogP contribution in [0.3, 0.4) is 0 Å². The highest BCUT2D eigenvalue weighted by atomic mass is 16.4. The predicted octanol–water partition coefficient (Wildman–Crippen LogP) is 2.38. The van der Waals surface area contributed by atoms with Gasteiger partial charge >= 0.3 is 11.9 Å². The van der Waals surface area contributed by atoms with Crippen LogP contribution in [0.15, 0.2) is 0 Å². The Morgan fingerprint density at radius 2 is 1.67 bits per heavy atom. The second kappa shape index (κ2) is 7.26. The zero-order chi connectivity index (χ0) is 11.8. The molecule has 0 aromatic carbocycles. The maximum atomic E-state index is 10.8. The summed E-state index contributed by atoms with van der Waals surface area (Å²) in [6.45, 7) is 3.60. The van der Waals surface area contributed by atoms with E-state index in [-0.39, 0.29) is 11.8 Å². The maximum absolute atomic E-state index is 10.8. The van der Waals surface area contributed by atoms with Gasteiger partial charge in [0.2, 0.25) is 0 Å². The van der Waals surface area contributed by atoms with Crippen LogP contribution in [0.25, 0.3) is 0 Å². The predicted molar refractivity (Wildman–Crippen MR) is 56.7 cm³/mol. The summed E-state index contributed by atoms with van der Waals surface area (Å²) in [5.74, 6) is -2.26. The average Bonchev–Trinajstić information content (AvgIpc) is 2.15. The molecule has 0 fully saturated rings. The number of rotatable bonds is 8. The second-order valence-corrected chi connectivity index (χ2v) is 3.99. The molecular weight excluding hydrogens is 196 g/mol. The molecule has 0 aromatic heterocycles. The first kappa shape index (κ1) is 13.9. The second-order valence-electron chi connectivity index (χ2n) is 3.99. The largest absolute Gasteiger partial charge is 0.481 e. The van der Waals surface area contributed by atoms with Crippen LogP contribution in [0.4, 0.5) is 0 Å². The van der Waals surface area contributed by atoms with Crippen molar-refractivity contribution in [2.24, 2.45) is 11.8 Å². The van der Waals surface area contributed by atoms with Crippen molar-refractivity contribution in [2.45, 2.75) is 46.0 Å². The molecule has 2 unspecified atom stereocenters. The number of carbonyl (C=O) groups is 2. The van der Waals surface area contributed by atoms with Gasteiger partial charge in [-0.3, -0.25) is 9.59 Å². The topological polar surface area (TPSA) is 74.6 Å². The lowest BCUT2D eigenvalue weighted by atomic mass is 9.94. The summed E-state index contributed by atoms with van der Waals surface area (Å²) in [6.07, 6.45) is 3.34. The van der Waals surface area contributed by atoms with Gasteiger partial charge in [0.15, 0.2) is 0 Å². The molecule has 0 aliphatic heterocycles. The van der Waals surface area contributed by atoms with E-state index in [1.54, 1.807) is 6.92 Å². The Kier molecular flexibility index (Phi) is 6.75. The molecule has 4 nitrogen and oxygen atoms in total. The summed E-state index contributed by atoms with van der Waals surface area (Å²) >= 11 is 0. The molecule has 0 bridgehead atoms. The first-order valence-corrected chi connectivity index (χ1v) is 5.44. The van der Waals surface area contributed by atoms with Crippen LogP contribution in [0.1, 0.15) is 46.0 Å².